The molecule has 0 radical (unpaired) electrons. The number of nitrogens with zero attached hydrogens (tertiary/aromatic N) is 2. The van der Waals surface area contributed by atoms with Gasteiger partial charge in [0.2, 0.25) is 0 Å². The molecule has 2 heterocycles. The summed E-state index contributed by atoms with van der Waals surface area (Å²) in [4.78, 5) is 17.8. The second-order valence-electron chi connectivity index (χ2n) is 4.09. The van der Waals surface area contributed by atoms with Crippen LogP contribution in [-0.4, -0.2) is 35.1 Å². The van der Waals surface area contributed by atoms with Gasteiger partial charge in [-0.05, 0) is 28.8 Å². The fourth-order valence-corrected chi connectivity index (χ4v) is 3.15. The molecule has 0 N–H and O–H groups in total. The van der Waals surface area contributed by atoms with Crippen LogP contribution in [0.1, 0.15) is 22.5 Å². The molecule has 8 heteroatoms. The molecule has 0 aliphatic carbocycles. The zero-order valence-electron chi connectivity index (χ0n) is 9.21. The number of likely N-dealkylation sites (tertiary alicyclic amines) is 1. The van der Waals surface area contributed by atoms with Crippen molar-refractivity contribution in [3.8, 4) is 0 Å². The van der Waals surface area contributed by atoms with Crippen LogP contribution in [0.2, 0.25) is 0 Å². The van der Waals surface area contributed by atoms with Crippen LogP contribution in [-0.2, 0) is 0 Å². The summed E-state index contributed by atoms with van der Waals surface area (Å²) in [5.41, 5.74) is 0. The van der Waals surface area contributed by atoms with Crippen molar-refractivity contribution in [2.75, 3.05) is 13.1 Å². The van der Waals surface area contributed by atoms with Crippen LogP contribution in [0.25, 0.3) is 0 Å². The maximum Gasteiger partial charge on any atom is 0.391 e. The maximum absolute atomic E-state index is 12.5. The number of piperidine rings is 1. The van der Waals surface area contributed by atoms with Crippen molar-refractivity contribution in [2.24, 2.45) is 5.92 Å². The number of rotatable bonds is 1. The molecule has 0 unspecified atom stereocenters. The lowest BCUT2D eigenvalue weighted by molar-refractivity contribution is -0.183. The number of carbonyl (C=O) groups is 1. The Morgan fingerprint density at radius 2 is 2.06 bits per heavy atom. The summed E-state index contributed by atoms with van der Waals surface area (Å²) in [6.07, 6.45) is -2.75. The van der Waals surface area contributed by atoms with Gasteiger partial charge in [-0.3, -0.25) is 4.79 Å². The van der Waals surface area contributed by atoms with E-state index in [2.05, 4.69) is 20.9 Å². The Labute approximate surface area is 114 Å². The van der Waals surface area contributed by atoms with E-state index in [1.165, 1.54) is 22.4 Å². The van der Waals surface area contributed by atoms with E-state index in [1.54, 1.807) is 0 Å². The van der Waals surface area contributed by atoms with Gasteiger partial charge in [0.1, 0.15) is 4.88 Å². The second-order valence-corrected chi connectivity index (χ2v) is 6.39. The smallest absolute Gasteiger partial charge is 0.338 e. The summed E-state index contributed by atoms with van der Waals surface area (Å²) in [5, 5.41) is 0. The van der Waals surface area contributed by atoms with Crippen molar-refractivity contribution in [3.05, 3.63) is 15.0 Å². The largest absolute Gasteiger partial charge is 0.391 e. The molecule has 1 aromatic rings. The minimum absolute atomic E-state index is 0.0186. The predicted molar refractivity (Wildman–Crippen MR) is 64.5 cm³/mol. The van der Waals surface area contributed by atoms with Crippen molar-refractivity contribution in [2.45, 2.75) is 19.0 Å². The molecule has 1 aliphatic rings. The summed E-state index contributed by atoms with van der Waals surface area (Å²) < 4.78 is 38.0. The van der Waals surface area contributed by atoms with Gasteiger partial charge in [0.15, 0.2) is 3.92 Å². The zero-order valence-corrected chi connectivity index (χ0v) is 11.6. The molecular weight excluding hydrogens is 333 g/mol. The van der Waals surface area contributed by atoms with Crippen molar-refractivity contribution >= 4 is 33.2 Å². The Morgan fingerprint density at radius 1 is 1.44 bits per heavy atom. The van der Waals surface area contributed by atoms with Crippen LogP contribution in [0, 0.1) is 5.92 Å². The van der Waals surface area contributed by atoms with E-state index in [4.69, 9.17) is 0 Å². The molecular formula is C10H10BrF3N2OS. The van der Waals surface area contributed by atoms with Crippen molar-refractivity contribution < 1.29 is 18.0 Å². The Balaban J connectivity index is 1.96. The molecule has 2 rings (SSSR count). The van der Waals surface area contributed by atoms with Crippen LogP contribution < -0.4 is 0 Å². The van der Waals surface area contributed by atoms with E-state index in [0.29, 0.717) is 8.79 Å². The third-order valence-electron chi connectivity index (χ3n) is 2.93. The van der Waals surface area contributed by atoms with Crippen LogP contribution in [0.4, 0.5) is 13.2 Å². The van der Waals surface area contributed by atoms with Crippen LogP contribution in [0.5, 0.6) is 0 Å². The number of alkyl halides is 3. The second kappa shape index (κ2) is 5.16. The summed E-state index contributed by atoms with van der Waals surface area (Å²) >= 11 is 4.34. The van der Waals surface area contributed by atoms with E-state index in [-0.39, 0.29) is 31.8 Å². The molecule has 1 aromatic heterocycles. The van der Waals surface area contributed by atoms with Crippen molar-refractivity contribution in [3.63, 3.8) is 0 Å². The lowest BCUT2D eigenvalue weighted by Crippen LogP contribution is -2.41. The van der Waals surface area contributed by atoms with Gasteiger partial charge in [0, 0.05) is 13.1 Å². The molecule has 1 amide bonds. The number of hydrogen-bond donors (Lipinski definition) is 0. The SMILES string of the molecule is O=C(c1cnc(Br)s1)N1CCC(C(F)(F)F)CC1. The number of thiazole rings is 1. The predicted octanol–water partition coefficient (Wildman–Crippen LogP) is 3.32. The Hall–Kier alpha value is -0.630. The van der Waals surface area contributed by atoms with Crippen LogP contribution in [0.3, 0.4) is 0 Å². The Kier molecular flexibility index (Phi) is 3.96. The van der Waals surface area contributed by atoms with Crippen molar-refractivity contribution in [1.29, 1.82) is 0 Å². The monoisotopic (exact) mass is 342 g/mol. The average Bonchev–Trinajstić information content (AvgIpc) is 2.74. The first kappa shape index (κ1) is 13.8. The molecule has 100 valence electrons. The maximum atomic E-state index is 12.5. The normalized spacial score (nSPS) is 18.1. The summed E-state index contributed by atoms with van der Waals surface area (Å²) in [5.74, 6) is -1.52. The highest BCUT2D eigenvalue weighted by atomic mass is 79.9. The standard InChI is InChI=1S/C10H10BrF3N2OS/c11-9-15-5-7(18-9)8(17)16-3-1-6(2-4-16)10(12,13)14/h5-6H,1-4H2. The number of amides is 1. The average molecular weight is 343 g/mol. The van der Waals surface area contributed by atoms with E-state index in [1.807, 2.05) is 0 Å². The van der Waals surface area contributed by atoms with Gasteiger partial charge in [-0.2, -0.15) is 13.2 Å². The number of halogens is 4. The van der Waals surface area contributed by atoms with Gasteiger partial charge >= 0.3 is 6.18 Å². The van der Waals surface area contributed by atoms with Crippen LogP contribution >= 0.6 is 27.3 Å². The molecule has 0 bridgehead atoms. The molecule has 18 heavy (non-hydrogen) atoms. The first-order valence-electron chi connectivity index (χ1n) is 5.35. The van der Waals surface area contributed by atoms with E-state index in [9.17, 15) is 18.0 Å². The van der Waals surface area contributed by atoms with Crippen molar-refractivity contribution in [1.82, 2.24) is 9.88 Å². The van der Waals surface area contributed by atoms with E-state index < -0.39 is 12.1 Å². The summed E-state index contributed by atoms with van der Waals surface area (Å²) in [7, 11) is 0. The fourth-order valence-electron chi connectivity index (χ4n) is 1.92. The van der Waals surface area contributed by atoms with Crippen LogP contribution in [0.15, 0.2) is 10.1 Å². The first-order valence-corrected chi connectivity index (χ1v) is 6.96. The third kappa shape index (κ3) is 3.03. The van der Waals surface area contributed by atoms with E-state index in [0.717, 1.165) is 0 Å². The molecule has 1 saturated heterocycles. The minimum atomic E-state index is -4.15. The van der Waals surface area contributed by atoms with Gasteiger partial charge in [-0.25, -0.2) is 4.98 Å². The highest BCUT2D eigenvalue weighted by molar-refractivity contribution is 9.11. The molecule has 0 aromatic carbocycles. The quantitative estimate of drug-likeness (QED) is 0.784. The first-order chi connectivity index (χ1) is 8.38. The Bertz CT molecular complexity index is 441. The lowest BCUT2D eigenvalue weighted by atomic mass is 9.96. The molecule has 0 atom stereocenters. The topological polar surface area (TPSA) is 33.2 Å². The zero-order chi connectivity index (χ0) is 13.3. The van der Waals surface area contributed by atoms with Gasteiger partial charge in [-0.15, -0.1) is 11.3 Å². The highest BCUT2D eigenvalue weighted by Gasteiger charge is 2.41. The lowest BCUT2D eigenvalue weighted by Gasteiger charge is -2.32. The molecule has 1 aliphatic heterocycles. The third-order valence-corrected chi connectivity index (χ3v) is 4.40. The summed E-state index contributed by atoms with van der Waals surface area (Å²) in [6, 6.07) is 0. The molecule has 3 nitrogen and oxygen atoms in total. The van der Waals surface area contributed by atoms with Gasteiger partial charge in [-0.1, -0.05) is 0 Å². The molecule has 1 fully saturated rings. The summed E-state index contributed by atoms with van der Waals surface area (Å²) in [6.45, 7) is 0.303. The molecule has 0 saturated carbocycles. The highest BCUT2D eigenvalue weighted by Crippen LogP contribution is 2.34. The number of aromatic nitrogens is 1. The number of carbonyl (C=O) groups excluding carboxylic acids is 1. The number of hydrogen-bond acceptors (Lipinski definition) is 3. The fraction of sp³-hybridized carbons (Fsp3) is 0.600. The molecule has 0 spiro atoms. The minimum Gasteiger partial charge on any atom is -0.338 e. The Morgan fingerprint density at radius 3 is 2.50 bits per heavy atom. The van der Waals surface area contributed by atoms with E-state index >= 15 is 0 Å². The van der Waals surface area contributed by atoms with Gasteiger partial charge in [0.05, 0.1) is 12.1 Å². The van der Waals surface area contributed by atoms with Gasteiger partial charge < -0.3 is 4.90 Å². The van der Waals surface area contributed by atoms with Gasteiger partial charge in [0.25, 0.3) is 5.91 Å².